The SMILES string of the molecule is COc1cc(-n2nnnc2N)cc(OC)c1OC. The van der Waals surface area contributed by atoms with Gasteiger partial charge in [0.05, 0.1) is 27.0 Å². The summed E-state index contributed by atoms with van der Waals surface area (Å²) in [5.74, 6) is 1.67. The van der Waals surface area contributed by atoms with Crippen molar-refractivity contribution >= 4 is 5.95 Å². The van der Waals surface area contributed by atoms with Gasteiger partial charge in [-0.3, -0.25) is 0 Å². The van der Waals surface area contributed by atoms with Crippen LogP contribution in [0.2, 0.25) is 0 Å². The van der Waals surface area contributed by atoms with Crippen LogP contribution < -0.4 is 19.9 Å². The van der Waals surface area contributed by atoms with E-state index >= 15 is 0 Å². The normalized spacial score (nSPS) is 10.2. The maximum atomic E-state index is 5.64. The number of nitrogen functional groups attached to an aromatic ring is 1. The predicted molar refractivity (Wildman–Crippen MR) is 63.2 cm³/mol. The predicted octanol–water partition coefficient (Wildman–Crippen LogP) is 0.270. The van der Waals surface area contributed by atoms with Gasteiger partial charge >= 0.3 is 0 Å². The molecule has 96 valence electrons. The molecule has 0 saturated carbocycles. The van der Waals surface area contributed by atoms with Crippen molar-refractivity contribution in [3.8, 4) is 22.9 Å². The smallest absolute Gasteiger partial charge is 0.245 e. The molecule has 0 saturated heterocycles. The van der Waals surface area contributed by atoms with Crippen LogP contribution in [-0.2, 0) is 0 Å². The molecule has 0 bridgehead atoms. The Balaban J connectivity index is 2.60. The molecule has 0 amide bonds. The molecule has 1 aromatic carbocycles. The van der Waals surface area contributed by atoms with E-state index in [1.54, 1.807) is 12.1 Å². The molecule has 1 aromatic heterocycles. The fourth-order valence-corrected chi connectivity index (χ4v) is 1.57. The number of nitrogens with zero attached hydrogens (tertiary/aromatic N) is 4. The number of hydrogen-bond acceptors (Lipinski definition) is 7. The maximum absolute atomic E-state index is 5.64. The number of anilines is 1. The Kier molecular flexibility index (Phi) is 3.18. The Morgan fingerprint density at radius 2 is 1.67 bits per heavy atom. The summed E-state index contributed by atoms with van der Waals surface area (Å²) in [6, 6.07) is 3.40. The van der Waals surface area contributed by atoms with Crippen molar-refractivity contribution in [1.82, 2.24) is 20.2 Å². The summed E-state index contributed by atoms with van der Waals surface area (Å²) in [5, 5.41) is 10.9. The van der Waals surface area contributed by atoms with Crippen molar-refractivity contribution in [1.29, 1.82) is 0 Å². The molecule has 18 heavy (non-hydrogen) atoms. The molecule has 8 heteroatoms. The van der Waals surface area contributed by atoms with Gasteiger partial charge < -0.3 is 19.9 Å². The summed E-state index contributed by atoms with van der Waals surface area (Å²) >= 11 is 0. The molecule has 0 aliphatic carbocycles. The molecule has 2 N–H and O–H groups in total. The Labute approximate surface area is 103 Å². The zero-order chi connectivity index (χ0) is 13.1. The van der Waals surface area contributed by atoms with E-state index in [1.807, 2.05) is 0 Å². The Morgan fingerprint density at radius 1 is 1.06 bits per heavy atom. The molecule has 0 radical (unpaired) electrons. The van der Waals surface area contributed by atoms with Crippen LogP contribution in [0.4, 0.5) is 5.95 Å². The molecule has 8 nitrogen and oxygen atoms in total. The van der Waals surface area contributed by atoms with E-state index in [4.69, 9.17) is 19.9 Å². The van der Waals surface area contributed by atoms with E-state index in [0.717, 1.165) is 0 Å². The molecule has 0 atom stereocenters. The lowest BCUT2D eigenvalue weighted by atomic mass is 10.2. The standard InChI is InChI=1S/C10H13N5O3/c1-16-7-4-6(15-10(11)12-13-14-15)5-8(17-2)9(7)18-3/h4-5H,1-3H3,(H2,11,12,14). The second-order valence-electron chi connectivity index (χ2n) is 3.33. The Morgan fingerprint density at radius 3 is 2.06 bits per heavy atom. The molecule has 0 aliphatic heterocycles. The van der Waals surface area contributed by atoms with Crippen molar-refractivity contribution in [3.05, 3.63) is 12.1 Å². The molecule has 0 fully saturated rings. The molecule has 2 aromatic rings. The number of aromatic nitrogens is 4. The average Bonchev–Trinajstić information content (AvgIpc) is 2.83. The van der Waals surface area contributed by atoms with E-state index in [1.165, 1.54) is 26.0 Å². The largest absolute Gasteiger partial charge is 0.493 e. The van der Waals surface area contributed by atoms with Crippen LogP contribution in [0.1, 0.15) is 0 Å². The van der Waals surface area contributed by atoms with Crippen LogP contribution in [0, 0.1) is 0 Å². The minimum atomic E-state index is 0.171. The first kappa shape index (κ1) is 12.0. The summed E-state index contributed by atoms with van der Waals surface area (Å²) in [6.07, 6.45) is 0. The van der Waals surface area contributed by atoms with Crippen LogP contribution >= 0.6 is 0 Å². The Hall–Kier alpha value is -2.51. The molecule has 0 unspecified atom stereocenters. The summed E-state index contributed by atoms with van der Waals surface area (Å²) in [4.78, 5) is 0. The molecular formula is C10H13N5O3. The van der Waals surface area contributed by atoms with Crippen LogP contribution in [0.25, 0.3) is 5.69 Å². The maximum Gasteiger partial charge on any atom is 0.245 e. The van der Waals surface area contributed by atoms with Crippen molar-refractivity contribution in [2.24, 2.45) is 0 Å². The van der Waals surface area contributed by atoms with E-state index in [0.29, 0.717) is 22.9 Å². The van der Waals surface area contributed by atoms with Crippen LogP contribution in [0.3, 0.4) is 0 Å². The first-order chi connectivity index (χ1) is 8.71. The van der Waals surface area contributed by atoms with E-state index < -0.39 is 0 Å². The average molecular weight is 251 g/mol. The van der Waals surface area contributed by atoms with Crippen molar-refractivity contribution in [2.45, 2.75) is 0 Å². The first-order valence-corrected chi connectivity index (χ1v) is 5.05. The quantitative estimate of drug-likeness (QED) is 0.832. The van der Waals surface area contributed by atoms with E-state index in [9.17, 15) is 0 Å². The zero-order valence-electron chi connectivity index (χ0n) is 10.2. The van der Waals surface area contributed by atoms with Gasteiger partial charge in [0.2, 0.25) is 11.7 Å². The first-order valence-electron chi connectivity index (χ1n) is 5.05. The second kappa shape index (κ2) is 4.78. The van der Waals surface area contributed by atoms with Gasteiger partial charge in [-0.15, -0.1) is 0 Å². The van der Waals surface area contributed by atoms with Gasteiger partial charge in [0.1, 0.15) is 0 Å². The highest BCUT2D eigenvalue weighted by atomic mass is 16.5. The summed E-state index contributed by atoms with van der Waals surface area (Å²) in [7, 11) is 4.60. The summed E-state index contributed by atoms with van der Waals surface area (Å²) in [5.41, 5.74) is 6.26. The third-order valence-corrected chi connectivity index (χ3v) is 2.39. The van der Waals surface area contributed by atoms with Crippen LogP contribution in [0.5, 0.6) is 17.2 Å². The number of tetrazole rings is 1. The lowest BCUT2D eigenvalue weighted by Gasteiger charge is -2.13. The lowest BCUT2D eigenvalue weighted by molar-refractivity contribution is 0.324. The third kappa shape index (κ3) is 1.88. The number of ether oxygens (including phenoxy) is 3. The topological polar surface area (TPSA) is 97.3 Å². The lowest BCUT2D eigenvalue weighted by Crippen LogP contribution is -2.04. The second-order valence-corrected chi connectivity index (χ2v) is 3.33. The van der Waals surface area contributed by atoms with Gasteiger partial charge in [-0.05, 0) is 10.4 Å². The van der Waals surface area contributed by atoms with Gasteiger partial charge in [0.15, 0.2) is 11.5 Å². The fourth-order valence-electron chi connectivity index (χ4n) is 1.57. The molecule has 1 heterocycles. The van der Waals surface area contributed by atoms with E-state index in [-0.39, 0.29) is 5.95 Å². The highest BCUT2D eigenvalue weighted by Gasteiger charge is 2.15. The van der Waals surface area contributed by atoms with Crippen molar-refractivity contribution < 1.29 is 14.2 Å². The number of hydrogen-bond donors (Lipinski definition) is 1. The van der Waals surface area contributed by atoms with Gasteiger partial charge in [-0.2, -0.15) is 4.68 Å². The minimum Gasteiger partial charge on any atom is -0.493 e. The van der Waals surface area contributed by atoms with Gasteiger partial charge in [-0.25, -0.2) is 0 Å². The minimum absolute atomic E-state index is 0.171. The third-order valence-electron chi connectivity index (χ3n) is 2.39. The van der Waals surface area contributed by atoms with Crippen molar-refractivity contribution in [2.75, 3.05) is 27.1 Å². The highest BCUT2D eigenvalue weighted by Crippen LogP contribution is 2.39. The molecule has 2 rings (SSSR count). The Bertz CT molecular complexity index is 529. The summed E-state index contributed by atoms with van der Waals surface area (Å²) in [6.45, 7) is 0. The molecule has 0 aliphatic rings. The number of nitrogens with two attached hydrogens (primary N) is 1. The fraction of sp³-hybridized carbons (Fsp3) is 0.300. The number of rotatable bonds is 4. The number of benzene rings is 1. The monoisotopic (exact) mass is 251 g/mol. The molecule has 0 spiro atoms. The van der Waals surface area contributed by atoms with Crippen LogP contribution in [-0.4, -0.2) is 41.5 Å². The highest BCUT2D eigenvalue weighted by molar-refractivity contribution is 5.58. The van der Waals surface area contributed by atoms with Gasteiger partial charge in [0.25, 0.3) is 0 Å². The van der Waals surface area contributed by atoms with Gasteiger partial charge in [0, 0.05) is 12.1 Å². The number of methoxy groups -OCH3 is 3. The van der Waals surface area contributed by atoms with Crippen molar-refractivity contribution in [3.63, 3.8) is 0 Å². The van der Waals surface area contributed by atoms with Crippen LogP contribution in [0.15, 0.2) is 12.1 Å². The van der Waals surface area contributed by atoms with E-state index in [2.05, 4.69) is 15.5 Å². The van der Waals surface area contributed by atoms with Gasteiger partial charge in [-0.1, -0.05) is 5.10 Å². The zero-order valence-corrected chi connectivity index (χ0v) is 10.2. The summed E-state index contributed by atoms with van der Waals surface area (Å²) < 4.78 is 17.0. The molecular weight excluding hydrogens is 238 g/mol.